The van der Waals surface area contributed by atoms with Crippen LogP contribution in [0.3, 0.4) is 0 Å². The standard InChI is InChI=1S/C20H19NO7/c1-25-13-7-12-9-17(22)21(19(23)18(12)16(10-13)27-3)14-8-11(20(24)28-4)5-6-15(14)26-2/h5-8,10H,9H2,1-4H3. The zero-order valence-corrected chi connectivity index (χ0v) is 15.9. The molecule has 0 unspecified atom stereocenters. The molecule has 1 heterocycles. The van der Waals surface area contributed by atoms with Crippen LogP contribution in [0.5, 0.6) is 17.2 Å². The Morgan fingerprint density at radius 1 is 0.929 bits per heavy atom. The van der Waals surface area contributed by atoms with Gasteiger partial charge < -0.3 is 18.9 Å². The monoisotopic (exact) mass is 385 g/mol. The summed E-state index contributed by atoms with van der Waals surface area (Å²) in [5, 5.41) is 0. The third-order valence-electron chi connectivity index (χ3n) is 4.46. The molecule has 0 aliphatic carbocycles. The van der Waals surface area contributed by atoms with E-state index in [2.05, 4.69) is 0 Å². The van der Waals surface area contributed by atoms with E-state index >= 15 is 0 Å². The fourth-order valence-corrected chi connectivity index (χ4v) is 3.13. The van der Waals surface area contributed by atoms with Crippen LogP contribution in [0.1, 0.15) is 26.3 Å². The first-order valence-corrected chi connectivity index (χ1v) is 8.33. The second kappa shape index (κ2) is 7.59. The molecule has 0 radical (unpaired) electrons. The molecule has 0 saturated carbocycles. The number of anilines is 1. The van der Waals surface area contributed by atoms with E-state index in [-0.39, 0.29) is 29.0 Å². The highest BCUT2D eigenvalue weighted by Crippen LogP contribution is 2.38. The highest BCUT2D eigenvalue weighted by atomic mass is 16.5. The lowest BCUT2D eigenvalue weighted by molar-refractivity contribution is -0.117. The van der Waals surface area contributed by atoms with Crippen molar-refractivity contribution in [2.75, 3.05) is 33.3 Å². The number of carbonyl (C=O) groups is 3. The van der Waals surface area contributed by atoms with Crippen LogP contribution in [0, 0.1) is 0 Å². The maximum atomic E-state index is 13.2. The van der Waals surface area contributed by atoms with Crippen LogP contribution in [0.4, 0.5) is 5.69 Å². The molecular formula is C20H19NO7. The summed E-state index contributed by atoms with van der Waals surface area (Å²) in [5.74, 6) is -0.595. The minimum atomic E-state index is -0.594. The number of imide groups is 1. The largest absolute Gasteiger partial charge is 0.497 e. The Bertz CT molecular complexity index is 967. The zero-order valence-electron chi connectivity index (χ0n) is 15.9. The van der Waals surface area contributed by atoms with Gasteiger partial charge in [0.25, 0.3) is 5.91 Å². The molecule has 1 aliphatic heterocycles. The average Bonchev–Trinajstić information content (AvgIpc) is 2.71. The summed E-state index contributed by atoms with van der Waals surface area (Å²) in [5.41, 5.74) is 1.11. The number of esters is 1. The van der Waals surface area contributed by atoms with Gasteiger partial charge in [-0.3, -0.25) is 9.59 Å². The van der Waals surface area contributed by atoms with Crippen molar-refractivity contribution in [1.29, 1.82) is 0 Å². The first kappa shape index (κ1) is 19.2. The fraction of sp³-hybridized carbons (Fsp3) is 0.250. The number of rotatable bonds is 5. The van der Waals surface area contributed by atoms with Gasteiger partial charge >= 0.3 is 5.97 Å². The Morgan fingerprint density at radius 2 is 1.64 bits per heavy atom. The second-order valence-electron chi connectivity index (χ2n) is 5.95. The first-order chi connectivity index (χ1) is 13.4. The van der Waals surface area contributed by atoms with Crippen molar-refractivity contribution in [1.82, 2.24) is 0 Å². The van der Waals surface area contributed by atoms with Gasteiger partial charge in [-0.2, -0.15) is 0 Å². The maximum Gasteiger partial charge on any atom is 0.337 e. The molecule has 8 nitrogen and oxygen atoms in total. The van der Waals surface area contributed by atoms with Crippen LogP contribution in [0.2, 0.25) is 0 Å². The molecule has 0 fully saturated rings. The number of hydrogen-bond donors (Lipinski definition) is 0. The maximum absolute atomic E-state index is 13.2. The van der Waals surface area contributed by atoms with Gasteiger partial charge in [0.2, 0.25) is 5.91 Å². The zero-order chi connectivity index (χ0) is 20.4. The molecule has 0 bridgehead atoms. The summed E-state index contributed by atoms with van der Waals surface area (Å²) in [4.78, 5) is 39.0. The van der Waals surface area contributed by atoms with Gasteiger partial charge in [0.1, 0.15) is 17.2 Å². The van der Waals surface area contributed by atoms with Gasteiger partial charge in [0, 0.05) is 6.07 Å². The lowest BCUT2D eigenvalue weighted by Crippen LogP contribution is -2.43. The molecule has 2 aromatic rings. The Labute approximate surface area is 161 Å². The van der Waals surface area contributed by atoms with E-state index in [1.54, 1.807) is 12.1 Å². The summed E-state index contributed by atoms with van der Waals surface area (Å²) in [7, 11) is 5.58. The number of benzene rings is 2. The highest BCUT2D eigenvalue weighted by molar-refractivity contribution is 6.26. The Balaban J connectivity index is 2.16. The Morgan fingerprint density at radius 3 is 2.25 bits per heavy atom. The van der Waals surface area contributed by atoms with Gasteiger partial charge in [-0.05, 0) is 29.8 Å². The molecule has 0 spiro atoms. The third-order valence-corrected chi connectivity index (χ3v) is 4.46. The van der Waals surface area contributed by atoms with Crippen LogP contribution in [-0.4, -0.2) is 46.2 Å². The van der Waals surface area contributed by atoms with Gasteiger partial charge in [0.15, 0.2) is 0 Å². The molecule has 146 valence electrons. The van der Waals surface area contributed by atoms with E-state index in [9.17, 15) is 14.4 Å². The molecular weight excluding hydrogens is 366 g/mol. The normalized spacial score (nSPS) is 13.1. The number of hydrogen-bond acceptors (Lipinski definition) is 7. The highest BCUT2D eigenvalue weighted by Gasteiger charge is 2.37. The van der Waals surface area contributed by atoms with Crippen LogP contribution < -0.4 is 19.1 Å². The van der Waals surface area contributed by atoms with Crippen molar-refractivity contribution >= 4 is 23.5 Å². The van der Waals surface area contributed by atoms with E-state index in [1.165, 1.54) is 46.6 Å². The average molecular weight is 385 g/mol. The van der Waals surface area contributed by atoms with Gasteiger partial charge in [-0.25, -0.2) is 9.69 Å². The molecule has 0 atom stereocenters. The summed E-state index contributed by atoms with van der Waals surface area (Å²) >= 11 is 0. The summed E-state index contributed by atoms with van der Waals surface area (Å²) < 4.78 is 20.6. The number of methoxy groups -OCH3 is 4. The van der Waals surface area contributed by atoms with Gasteiger partial charge in [-0.15, -0.1) is 0 Å². The van der Waals surface area contributed by atoms with Crippen molar-refractivity contribution in [3.63, 3.8) is 0 Å². The van der Waals surface area contributed by atoms with Crippen molar-refractivity contribution in [3.8, 4) is 17.2 Å². The molecule has 0 saturated heterocycles. The van der Waals surface area contributed by atoms with E-state index in [4.69, 9.17) is 18.9 Å². The van der Waals surface area contributed by atoms with Crippen molar-refractivity contribution in [3.05, 3.63) is 47.0 Å². The molecule has 0 aromatic heterocycles. The lowest BCUT2D eigenvalue weighted by atomic mass is 9.96. The molecule has 3 rings (SSSR count). The predicted octanol–water partition coefficient (Wildman–Crippen LogP) is 2.23. The molecule has 8 heteroatoms. The predicted molar refractivity (Wildman–Crippen MR) is 99.4 cm³/mol. The van der Waals surface area contributed by atoms with Crippen molar-refractivity contribution in [2.24, 2.45) is 0 Å². The molecule has 28 heavy (non-hydrogen) atoms. The second-order valence-corrected chi connectivity index (χ2v) is 5.95. The fourth-order valence-electron chi connectivity index (χ4n) is 3.13. The summed E-state index contributed by atoms with van der Waals surface area (Å²) in [6.07, 6.45) is -0.0414. The van der Waals surface area contributed by atoms with Crippen molar-refractivity contribution < 1.29 is 33.3 Å². The van der Waals surface area contributed by atoms with Crippen LogP contribution in [0.25, 0.3) is 0 Å². The third kappa shape index (κ3) is 3.13. The molecule has 0 N–H and O–H groups in total. The topological polar surface area (TPSA) is 91.4 Å². The minimum Gasteiger partial charge on any atom is -0.497 e. The van der Waals surface area contributed by atoms with E-state index in [0.29, 0.717) is 17.1 Å². The summed E-state index contributed by atoms with van der Waals surface area (Å²) in [6.45, 7) is 0. The first-order valence-electron chi connectivity index (χ1n) is 8.33. The van der Waals surface area contributed by atoms with Crippen LogP contribution in [0.15, 0.2) is 30.3 Å². The van der Waals surface area contributed by atoms with Gasteiger partial charge in [-0.1, -0.05) is 0 Å². The molecule has 1 aliphatic rings. The molecule has 2 amide bonds. The quantitative estimate of drug-likeness (QED) is 0.576. The van der Waals surface area contributed by atoms with E-state index < -0.39 is 17.8 Å². The van der Waals surface area contributed by atoms with E-state index in [1.807, 2.05) is 0 Å². The number of amides is 2. The van der Waals surface area contributed by atoms with Crippen LogP contribution >= 0.6 is 0 Å². The summed E-state index contributed by atoms with van der Waals surface area (Å²) in [6, 6.07) is 7.59. The minimum absolute atomic E-state index is 0.0414. The molecule has 2 aromatic carbocycles. The number of fused-ring (bicyclic) bond motifs is 1. The Hall–Kier alpha value is -3.55. The smallest absolute Gasteiger partial charge is 0.337 e. The van der Waals surface area contributed by atoms with Crippen molar-refractivity contribution in [2.45, 2.75) is 6.42 Å². The lowest BCUT2D eigenvalue weighted by Gasteiger charge is -2.29. The SMILES string of the molecule is COC(=O)c1ccc(OC)c(N2C(=O)Cc3cc(OC)cc(OC)c3C2=O)c1. The number of ether oxygens (including phenoxy) is 4. The van der Waals surface area contributed by atoms with E-state index in [0.717, 1.165) is 4.90 Å². The van der Waals surface area contributed by atoms with Crippen LogP contribution in [-0.2, 0) is 16.0 Å². The number of nitrogens with zero attached hydrogens (tertiary/aromatic N) is 1. The number of carbonyl (C=O) groups excluding carboxylic acids is 3. The van der Waals surface area contributed by atoms with Gasteiger partial charge in [0.05, 0.1) is 51.7 Å². The Kier molecular flexibility index (Phi) is 5.21.